The van der Waals surface area contributed by atoms with Gasteiger partial charge in [0.05, 0.1) is 11.3 Å². The second kappa shape index (κ2) is 5.36. The molecule has 1 rings (SSSR count). The Kier molecular flexibility index (Phi) is 4.45. The Labute approximate surface area is 110 Å². The van der Waals surface area contributed by atoms with E-state index in [0.717, 1.165) is 12.1 Å². The lowest BCUT2D eigenvalue weighted by atomic mass is 9.93. The fourth-order valence-corrected chi connectivity index (χ4v) is 1.78. The van der Waals surface area contributed by atoms with Crippen molar-refractivity contribution in [2.45, 2.75) is 20.0 Å². The summed E-state index contributed by atoms with van der Waals surface area (Å²) < 4.78 is 51.0. The highest BCUT2D eigenvalue weighted by molar-refractivity contribution is 5.49. The highest BCUT2D eigenvalue weighted by atomic mass is 19.4. The van der Waals surface area contributed by atoms with Crippen LogP contribution in [0.5, 0.6) is 0 Å². The Morgan fingerprint density at radius 2 is 1.79 bits per heavy atom. The second-order valence-electron chi connectivity index (χ2n) is 5.39. The van der Waals surface area contributed by atoms with Gasteiger partial charge in [0.1, 0.15) is 5.82 Å². The average molecular weight is 278 g/mol. The Hall–Kier alpha value is -1.30. The Bertz CT molecular complexity index is 441. The lowest BCUT2D eigenvalue weighted by molar-refractivity contribution is -0.137. The van der Waals surface area contributed by atoms with Crippen molar-refractivity contribution < 1.29 is 17.6 Å². The third kappa shape index (κ3) is 4.09. The van der Waals surface area contributed by atoms with E-state index in [0.29, 0.717) is 19.2 Å². The molecular weight excluding hydrogens is 260 g/mol. The monoisotopic (exact) mass is 278 g/mol. The molecule has 0 aliphatic rings. The quantitative estimate of drug-likeness (QED) is 0.856. The van der Waals surface area contributed by atoms with Gasteiger partial charge in [-0.1, -0.05) is 13.8 Å². The summed E-state index contributed by atoms with van der Waals surface area (Å²) in [7, 11) is 1.63. The predicted molar refractivity (Wildman–Crippen MR) is 67.5 cm³/mol. The van der Waals surface area contributed by atoms with Gasteiger partial charge in [-0.25, -0.2) is 4.39 Å². The number of nitrogens with two attached hydrogens (primary N) is 1. The smallest absolute Gasteiger partial charge is 0.372 e. The summed E-state index contributed by atoms with van der Waals surface area (Å²) in [5.74, 6) is -0.884. The molecule has 108 valence electrons. The number of alkyl halides is 3. The third-order valence-corrected chi connectivity index (χ3v) is 2.90. The van der Waals surface area contributed by atoms with E-state index in [1.807, 2.05) is 13.8 Å². The fourth-order valence-electron chi connectivity index (χ4n) is 1.78. The van der Waals surface area contributed by atoms with Crippen molar-refractivity contribution in [2.75, 3.05) is 25.0 Å². The first-order valence-electron chi connectivity index (χ1n) is 5.85. The van der Waals surface area contributed by atoms with Crippen LogP contribution in [0, 0.1) is 11.2 Å². The van der Waals surface area contributed by atoms with Crippen molar-refractivity contribution in [1.82, 2.24) is 0 Å². The normalized spacial score (nSPS) is 12.6. The van der Waals surface area contributed by atoms with Crippen LogP contribution in [0.3, 0.4) is 0 Å². The molecule has 1 aromatic rings. The van der Waals surface area contributed by atoms with Gasteiger partial charge in [-0.2, -0.15) is 13.2 Å². The minimum absolute atomic E-state index is 0.134. The van der Waals surface area contributed by atoms with Gasteiger partial charge in [0.15, 0.2) is 0 Å². The van der Waals surface area contributed by atoms with Crippen molar-refractivity contribution in [3.8, 4) is 0 Å². The molecule has 2 N–H and O–H groups in total. The van der Waals surface area contributed by atoms with Crippen LogP contribution in [0.1, 0.15) is 19.4 Å². The number of halogens is 4. The van der Waals surface area contributed by atoms with E-state index < -0.39 is 17.6 Å². The zero-order chi connectivity index (χ0) is 14.8. The van der Waals surface area contributed by atoms with Crippen LogP contribution in [-0.2, 0) is 6.18 Å². The maximum absolute atomic E-state index is 13.7. The van der Waals surface area contributed by atoms with Crippen LogP contribution in [0.25, 0.3) is 0 Å². The van der Waals surface area contributed by atoms with Crippen LogP contribution in [-0.4, -0.2) is 20.1 Å². The fraction of sp³-hybridized carbons (Fsp3) is 0.538. The van der Waals surface area contributed by atoms with Gasteiger partial charge in [-0.05, 0) is 30.2 Å². The first kappa shape index (κ1) is 15.8. The van der Waals surface area contributed by atoms with E-state index in [1.54, 1.807) is 11.9 Å². The topological polar surface area (TPSA) is 29.3 Å². The molecule has 0 aromatic heterocycles. The largest absolute Gasteiger partial charge is 0.416 e. The van der Waals surface area contributed by atoms with Crippen molar-refractivity contribution in [3.63, 3.8) is 0 Å². The molecule has 0 unspecified atom stereocenters. The molecule has 2 nitrogen and oxygen atoms in total. The first-order valence-corrected chi connectivity index (χ1v) is 5.85. The molecule has 0 aliphatic heterocycles. The molecule has 0 amide bonds. The number of benzene rings is 1. The van der Waals surface area contributed by atoms with E-state index in [2.05, 4.69) is 0 Å². The zero-order valence-corrected chi connectivity index (χ0v) is 11.2. The van der Waals surface area contributed by atoms with Crippen molar-refractivity contribution in [3.05, 3.63) is 29.6 Å². The minimum Gasteiger partial charge on any atom is -0.372 e. The van der Waals surface area contributed by atoms with E-state index in [9.17, 15) is 17.6 Å². The second-order valence-corrected chi connectivity index (χ2v) is 5.39. The molecule has 0 bridgehead atoms. The Morgan fingerprint density at radius 3 is 2.21 bits per heavy atom. The van der Waals surface area contributed by atoms with Gasteiger partial charge < -0.3 is 10.6 Å². The van der Waals surface area contributed by atoms with Crippen LogP contribution in [0.15, 0.2) is 18.2 Å². The summed E-state index contributed by atoms with van der Waals surface area (Å²) >= 11 is 0. The molecule has 0 saturated heterocycles. The molecule has 6 heteroatoms. The van der Waals surface area contributed by atoms with Crippen molar-refractivity contribution >= 4 is 5.69 Å². The standard InChI is InChI=1S/C13H18F4N2/c1-12(2,7-18)8-19(3)11-5-4-9(6-10(11)14)13(15,16)17/h4-6H,7-8,18H2,1-3H3. The maximum atomic E-state index is 13.7. The molecule has 1 aromatic carbocycles. The van der Waals surface area contributed by atoms with Gasteiger partial charge in [-0.3, -0.25) is 0 Å². The number of anilines is 1. The van der Waals surface area contributed by atoms with Gasteiger partial charge in [0.25, 0.3) is 0 Å². The SMILES string of the molecule is CN(CC(C)(C)CN)c1ccc(C(F)(F)F)cc1F. The highest BCUT2D eigenvalue weighted by Gasteiger charge is 2.31. The summed E-state index contributed by atoms with van der Waals surface area (Å²) in [5, 5.41) is 0. The lowest BCUT2D eigenvalue weighted by Gasteiger charge is -2.30. The molecular formula is C13H18F4N2. The van der Waals surface area contributed by atoms with Crippen molar-refractivity contribution in [2.24, 2.45) is 11.1 Å². The predicted octanol–water partition coefficient (Wildman–Crippen LogP) is 3.27. The van der Waals surface area contributed by atoms with Crippen LogP contribution in [0.2, 0.25) is 0 Å². The van der Waals surface area contributed by atoms with E-state index in [1.165, 1.54) is 0 Å². The van der Waals surface area contributed by atoms with Gasteiger partial charge in [0.2, 0.25) is 0 Å². The van der Waals surface area contributed by atoms with Crippen molar-refractivity contribution in [1.29, 1.82) is 0 Å². The molecule has 0 heterocycles. The molecule has 0 spiro atoms. The molecule has 0 aliphatic carbocycles. The Balaban J connectivity index is 2.97. The van der Waals surface area contributed by atoms with Crippen LogP contribution < -0.4 is 10.6 Å². The van der Waals surface area contributed by atoms with E-state index in [4.69, 9.17) is 5.73 Å². The average Bonchev–Trinajstić information content (AvgIpc) is 2.26. The molecule has 0 radical (unpaired) electrons. The highest BCUT2D eigenvalue weighted by Crippen LogP contribution is 2.32. The summed E-state index contributed by atoms with van der Waals surface area (Å²) in [6.07, 6.45) is -4.53. The number of rotatable bonds is 4. The van der Waals surface area contributed by atoms with Gasteiger partial charge >= 0.3 is 6.18 Å². The minimum atomic E-state index is -4.53. The molecule has 19 heavy (non-hydrogen) atoms. The van der Waals surface area contributed by atoms with E-state index >= 15 is 0 Å². The zero-order valence-electron chi connectivity index (χ0n) is 11.2. The number of hydrogen-bond donors (Lipinski definition) is 1. The summed E-state index contributed by atoms with van der Waals surface area (Å²) in [4.78, 5) is 1.57. The van der Waals surface area contributed by atoms with Crippen LogP contribution >= 0.6 is 0 Å². The first-order chi connectivity index (χ1) is 8.57. The molecule has 0 saturated carbocycles. The lowest BCUT2D eigenvalue weighted by Crippen LogP contribution is -2.37. The third-order valence-electron chi connectivity index (χ3n) is 2.90. The molecule has 0 fully saturated rings. The maximum Gasteiger partial charge on any atom is 0.416 e. The molecule has 0 atom stereocenters. The number of hydrogen-bond acceptors (Lipinski definition) is 2. The summed E-state index contributed by atoms with van der Waals surface area (Å²) in [5.41, 5.74) is 4.48. The summed E-state index contributed by atoms with van der Waals surface area (Å²) in [6.45, 7) is 4.67. The summed E-state index contributed by atoms with van der Waals surface area (Å²) in [6, 6.07) is 2.54. The number of nitrogens with zero attached hydrogens (tertiary/aromatic N) is 1. The van der Waals surface area contributed by atoms with Crippen LogP contribution in [0.4, 0.5) is 23.2 Å². The van der Waals surface area contributed by atoms with Gasteiger partial charge in [0, 0.05) is 13.6 Å². The Morgan fingerprint density at radius 1 is 1.21 bits per heavy atom. The van der Waals surface area contributed by atoms with E-state index in [-0.39, 0.29) is 11.1 Å². The van der Waals surface area contributed by atoms with Gasteiger partial charge in [-0.15, -0.1) is 0 Å².